The summed E-state index contributed by atoms with van der Waals surface area (Å²) < 4.78 is 27.1. The largest absolute Gasteiger partial charge is 0.302 e. The van der Waals surface area contributed by atoms with E-state index in [9.17, 15) is 18.5 Å². The average Bonchev–Trinajstić information content (AvgIpc) is 3.17. The van der Waals surface area contributed by atoms with Gasteiger partial charge in [-0.3, -0.25) is 10.1 Å². The number of nitro groups is 1. The predicted molar refractivity (Wildman–Crippen MR) is 101 cm³/mol. The lowest BCUT2D eigenvalue weighted by Gasteiger charge is -2.31. The summed E-state index contributed by atoms with van der Waals surface area (Å²) in [6, 6.07) is 9.35. The van der Waals surface area contributed by atoms with Crippen LogP contribution in [0.3, 0.4) is 0 Å². The molecule has 1 aromatic heterocycles. The van der Waals surface area contributed by atoms with Gasteiger partial charge in [-0.1, -0.05) is 12.1 Å². The van der Waals surface area contributed by atoms with Crippen LogP contribution < -0.4 is 4.72 Å². The Morgan fingerprint density at radius 1 is 1.23 bits per heavy atom. The molecule has 3 rings (SSSR count). The van der Waals surface area contributed by atoms with Crippen LogP contribution in [-0.4, -0.2) is 44.4 Å². The maximum Gasteiger partial charge on any atom is 0.270 e. The summed E-state index contributed by atoms with van der Waals surface area (Å²) >= 11 is 1.79. The molecule has 1 aliphatic rings. The third-order valence-electron chi connectivity index (χ3n) is 4.59. The van der Waals surface area contributed by atoms with Gasteiger partial charge in [0, 0.05) is 30.1 Å². The summed E-state index contributed by atoms with van der Waals surface area (Å²) in [7, 11) is -3.74. The molecule has 0 spiro atoms. The monoisotopic (exact) mass is 395 g/mol. The van der Waals surface area contributed by atoms with Crippen molar-refractivity contribution in [1.82, 2.24) is 9.62 Å². The molecule has 0 unspecified atom stereocenters. The van der Waals surface area contributed by atoms with Crippen molar-refractivity contribution in [1.29, 1.82) is 0 Å². The Morgan fingerprint density at radius 3 is 2.65 bits per heavy atom. The fraction of sp³-hybridized carbons (Fsp3) is 0.412. The van der Waals surface area contributed by atoms with Crippen LogP contribution >= 0.6 is 11.3 Å². The first-order valence-corrected chi connectivity index (χ1v) is 10.8. The van der Waals surface area contributed by atoms with Crippen molar-refractivity contribution in [3.05, 3.63) is 56.8 Å². The van der Waals surface area contributed by atoms with Crippen LogP contribution in [0.15, 0.2) is 46.7 Å². The van der Waals surface area contributed by atoms with E-state index in [4.69, 9.17) is 0 Å². The molecule has 1 aromatic carbocycles. The Kier molecular flexibility index (Phi) is 6.02. The first-order valence-electron chi connectivity index (χ1n) is 8.45. The molecular weight excluding hydrogens is 374 g/mol. The molecule has 0 radical (unpaired) electrons. The van der Waals surface area contributed by atoms with Gasteiger partial charge >= 0.3 is 0 Å². The number of nitrogens with one attached hydrogen (secondary N) is 1. The second-order valence-electron chi connectivity index (χ2n) is 6.28. The normalized spacial score (nSPS) is 16.6. The van der Waals surface area contributed by atoms with Crippen LogP contribution in [0, 0.1) is 10.1 Å². The number of sulfonamides is 1. The summed E-state index contributed by atoms with van der Waals surface area (Å²) in [5, 5.41) is 12.9. The van der Waals surface area contributed by atoms with Crippen LogP contribution in [-0.2, 0) is 10.0 Å². The van der Waals surface area contributed by atoms with Gasteiger partial charge in [-0.25, -0.2) is 13.1 Å². The van der Waals surface area contributed by atoms with Crippen LogP contribution in [0.4, 0.5) is 5.69 Å². The van der Waals surface area contributed by atoms with E-state index in [-0.39, 0.29) is 17.1 Å². The molecule has 7 nitrogen and oxygen atoms in total. The number of hydrogen-bond acceptors (Lipinski definition) is 6. The highest BCUT2D eigenvalue weighted by atomic mass is 32.2. The highest BCUT2D eigenvalue weighted by Gasteiger charge is 2.22. The number of nitrogens with zero attached hydrogens (tertiary/aromatic N) is 2. The van der Waals surface area contributed by atoms with Crippen LogP contribution in [0.1, 0.15) is 23.6 Å². The molecular formula is C17H21N3O4S2. The van der Waals surface area contributed by atoms with Crippen molar-refractivity contribution in [2.45, 2.75) is 23.7 Å². The Bertz CT molecular complexity index is 845. The first-order chi connectivity index (χ1) is 12.5. The van der Waals surface area contributed by atoms with Gasteiger partial charge in [-0.2, -0.15) is 0 Å². The summed E-state index contributed by atoms with van der Waals surface area (Å²) in [5.74, 6) is 0.604. The highest BCUT2D eigenvalue weighted by Crippen LogP contribution is 2.30. The number of likely N-dealkylation sites (tertiary alicyclic amines) is 1. The molecule has 26 heavy (non-hydrogen) atoms. The van der Waals surface area contributed by atoms with Crippen LogP contribution in [0.2, 0.25) is 0 Å². The molecule has 1 fully saturated rings. The molecule has 1 N–H and O–H groups in total. The quantitative estimate of drug-likeness (QED) is 0.575. The minimum atomic E-state index is -3.74. The summed E-state index contributed by atoms with van der Waals surface area (Å²) in [4.78, 5) is 13.8. The minimum Gasteiger partial charge on any atom is -0.302 e. The highest BCUT2D eigenvalue weighted by molar-refractivity contribution is 7.89. The Hall–Kier alpha value is -1.81. The smallest absolute Gasteiger partial charge is 0.270 e. The predicted octanol–water partition coefficient (Wildman–Crippen LogP) is 2.81. The van der Waals surface area contributed by atoms with Crippen molar-refractivity contribution in [2.75, 3.05) is 26.2 Å². The summed E-state index contributed by atoms with van der Waals surface area (Å²) in [5.41, 5.74) is -0.233. The molecule has 0 atom stereocenters. The SMILES string of the molecule is O=[N+]([O-])c1cccc(S(=O)(=O)NCCN2CCC(c3cccs3)CC2)c1. The van der Waals surface area contributed by atoms with E-state index in [0.717, 1.165) is 32.0 Å². The van der Waals surface area contributed by atoms with Crippen molar-refractivity contribution in [2.24, 2.45) is 0 Å². The molecule has 2 heterocycles. The molecule has 140 valence electrons. The first kappa shape index (κ1) is 19.0. The number of thiophene rings is 1. The van der Waals surface area contributed by atoms with Gasteiger partial charge in [0.2, 0.25) is 10.0 Å². The average molecular weight is 396 g/mol. The second-order valence-corrected chi connectivity index (χ2v) is 9.03. The molecule has 2 aromatic rings. The molecule has 9 heteroatoms. The Morgan fingerprint density at radius 2 is 2.00 bits per heavy atom. The molecule has 0 saturated carbocycles. The fourth-order valence-electron chi connectivity index (χ4n) is 3.15. The van der Waals surface area contributed by atoms with Crippen LogP contribution in [0.5, 0.6) is 0 Å². The van der Waals surface area contributed by atoms with Gasteiger partial charge in [0.05, 0.1) is 9.82 Å². The third-order valence-corrected chi connectivity index (χ3v) is 7.09. The standard InChI is InChI=1S/C17H21N3O4S2/c21-20(22)15-3-1-4-16(13-15)26(23,24)18-8-11-19-9-6-14(7-10-19)17-5-2-12-25-17/h1-5,12-14,18H,6-11H2. The molecule has 0 aliphatic carbocycles. The van der Waals surface area contributed by atoms with E-state index in [1.54, 1.807) is 11.3 Å². The zero-order valence-corrected chi connectivity index (χ0v) is 15.8. The maximum atomic E-state index is 12.3. The van der Waals surface area contributed by atoms with E-state index < -0.39 is 14.9 Å². The Balaban J connectivity index is 1.49. The van der Waals surface area contributed by atoms with Crippen molar-refractivity contribution in [3.63, 3.8) is 0 Å². The fourth-order valence-corrected chi connectivity index (χ4v) is 5.11. The van der Waals surface area contributed by atoms with Crippen molar-refractivity contribution < 1.29 is 13.3 Å². The van der Waals surface area contributed by atoms with Crippen molar-refractivity contribution in [3.8, 4) is 0 Å². The second kappa shape index (κ2) is 8.26. The minimum absolute atomic E-state index is 0.0805. The van der Waals surface area contributed by atoms with Gasteiger partial charge in [-0.15, -0.1) is 11.3 Å². The van der Waals surface area contributed by atoms with Gasteiger partial charge in [0.1, 0.15) is 0 Å². The van der Waals surface area contributed by atoms with E-state index in [2.05, 4.69) is 27.1 Å². The van der Waals surface area contributed by atoms with Gasteiger partial charge < -0.3 is 4.90 Å². The van der Waals surface area contributed by atoms with Crippen LogP contribution in [0.25, 0.3) is 0 Å². The van der Waals surface area contributed by atoms with E-state index in [0.29, 0.717) is 12.5 Å². The number of nitro benzene ring substituents is 1. The van der Waals surface area contributed by atoms with Gasteiger partial charge in [0.25, 0.3) is 5.69 Å². The number of hydrogen-bond donors (Lipinski definition) is 1. The number of piperidine rings is 1. The lowest BCUT2D eigenvalue weighted by Crippen LogP contribution is -2.39. The molecule has 1 aliphatic heterocycles. The lowest BCUT2D eigenvalue weighted by atomic mass is 9.95. The third kappa shape index (κ3) is 4.67. The van der Waals surface area contributed by atoms with Gasteiger partial charge in [0.15, 0.2) is 0 Å². The number of non-ortho nitro benzene ring substituents is 1. The summed E-state index contributed by atoms with van der Waals surface area (Å²) in [6.07, 6.45) is 2.16. The lowest BCUT2D eigenvalue weighted by molar-refractivity contribution is -0.385. The zero-order valence-electron chi connectivity index (χ0n) is 14.2. The molecule has 0 amide bonds. The number of rotatable bonds is 7. The van der Waals surface area contributed by atoms with Gasteiger partial charge in [-0.05, 0) is 49.4 Å². The summed E-state index contributed by atoms with van der Waals surface area (Å²) in [6.45, 7) is 2.81. The molecule has 1 saturated heterocycles. The zero-order chi connectivity index (χ0) is 18.6. The van der Waals surface area contributed by atoms with E-state index in [1.165, 1.54) is 23.1 Å². The van der Waals surface area contributed by atoms with E-state index >= 15 is 0 Å². The number of benzene rings is 1. The topological polar surface area (TPSA) is 92.5 Å². The Labute approximate surface area is 156 Å². The van der Waals surface area contributed by atoms with Crippen molar-refractivity contribution >= 4 is 27.0 Å². The maximum absolute atomic E-state index is 12.3. The van der Waals surface area contributed by atoms with E-state index in [1.807, 2.05) is 0 Å². The molecule has 0 bridgehead atoms.